The molecule has 0 saturated heterocycles. The van der Waals surface area contributed by atoms with Crippen LogP contribution in [-0.2, 0) is 5.75 Å². The second-order valence-corrected chi connectivity index (χ2v) is 4.40. The summed E-state index contributed by atoms with van der Waals surface area (Å²) in [7, 11) is 0. The van der Waals surface area contributed by atoms with Gasteiger partial charge in [0.1, 0.15) is 0 Å². The Balaban J connectivity index is 2.04. The summed E-state index contributed by atoms with van der Waals surface area (Å²) in [5.74, 6) is 0.761. The van der Waals surface area contributed by atoms with E-state index in [2.05, 4.69) is 10.1 Å². The van der Waals surface area contributed by atoms with Crippen LogP contribution in [0.5, 0.6) is 0 Å². The van der Waals surface area contributed by atoms with Crippen molar-refractivity contribution in [1.29, 1.82) is 0 Å². The molecule has 1 aromatic carbocycles. The lowest BCUT2D eigenvalue weighted by Gasteiger charge is -2.00. The van der Waals surface area contributed by atoms with E-state index >= 15 is 0 Å². The number of hydrogen-bond donors (Lipinski definition) is 1. The Bertz CT molecular complexity index is 539. The Morgan fingerprint density at radius 1 is 1.53 bits per heavy atom. The fourth-order valence-electron chi connectivity index (χ4n) is 1.27. The molecule has 0 aliphatic heterocycles. The molecule has 0 fully saturated rings. The normalized spacial score (nSPS) is 10.4. The maximum atomic E-state index is 10.8. The summed E-state index contributed by atoms with van der Waals surface area (Å²) < 4.78 is 4.85. The summed E-state index contributed by atoms with van der Waals surface area (Å²) >= 11 is 1.47. The molecule has 0 unspecified atom stereocenters. The molecule has 2 aromatic rings. The van der Waals surface area contributed by atoms with Crippen LogP contribution in [0, 0.1) is 6.92 Å². The van der Waals surface area contributed by atoms with Gasteiger partial charge in [0.25, 0.3) is 0 Å². The zero-order valence-electron chi connectivity index (χ0n) is 9.08. The van der Waals surface area contributed by atoms with Crippen LogP contribution in [-0.4, -0.2) is 21.2 Å². The van der Waals surface area contributed by atoms with E-state index < -0.39 is 5.97 Å². The highest BCUT2D eigenvalue weighted by Gasteiger charge is 2.06. The molecule has 6 heteroatoms. The summed E-state index contributed by atoms with van der Waals surface area (Å²) in [5, 5.41) is 12.6. The van der Waals surface area contributed by atoms with Crippen molar-refractivity contribution in [2.45, 2.75) is 17.6 Å². The third kappa shape index (κ3) is 3.07. The number of rotatable bonds is 4. The van der Waals surface area contributed by atoms with Gasteiger partial charge >= 0.3 is 5.97 Å². The van der Waals surface area contributed by atoms with E-state index in [1.54, 1.807) is 25.1 Å². The van der Waals surface area contributed by atoms with Crippen LogP contribution >= 0.6 is 11.8 Å². The molecular formula is C11H10N2O3S. The summed E-state index contributed by atoms with van der Waals surface area (Å²) in [4.78, 5) is 15.7. The molecule has 17 heavy (non-hydrogen) atoms. The molecule has 1 aromatic heterocycles. The fraction of sp³-hybridized carbons (Fsp3) is 0.182. The molecule has 0 amide bonds. The number of hydrogen-bond acceptors (Lipinski definition) is 5. The second-order valence-electron chi connectivity index (χ2n) is 3.35. The van der Waals surface area contributed by atoms with Gasteiger partial charge in [0, 0.05) is 11.8 Å². The van der Waals surface area contributed by atoms with Gasteiger partial charge in [0.15, 0.2) is 5.82 Å². The molecule has 1 heterocycles. The Labute approximate surface area is 102 Å². The lowest BCUT2D eigenvalue weighted by molar-refractivity contribution is 0.0696. The molecule has 2 rings (SSSR count). The monoisotopic (exact) mass is 250 g/mol. The number of carboxylic acid groups (broad SMARTS) is 1. The minimum atomic E-state index is -0.928. The number of aromatic carboxylic acids is 1. The standard InChI is InChI=1S/C11H10N2O3S/c1-7-12-10(13-16-7)6-17-9-4-2-3-8(5-9)11(14)15/h2-5H,6H2,1H3,(H,14,15). The van der Waals surface area contributed by atoms with Crippen LogP contribution in [0.2, 0.25) is 0 Å². The van der Waals surface area contributed by atoms with Crippen molar-refractivity contribution in [2.75, 3.05) is 0 Å². The topological polar surface area (TPSA) is 76.2 Å². The van der Waals surface area contributed by atoms with Crippen LogP contribution < -0.4 is 0 Å². The van der Waals surface area contributed by atoms with Gasteiger partial charge in [0.05, 0.1) is 11.3 Å². The molecule has 0 saturated carbocycles. The average Bonchev–Trinajstić information content (AvgIpc) is 2.73. The lowest BCUT2D eigenvalue weighted by Crippen LogP contribution is -1.95. The highest BCUT2D eigenvalue weighted by atomic mass is 32.2. The van der Waals surface area contributed by atoms with Crippen LogP contribution in [0.25, 0.3) is 0 Å². The quantitative estimate of drug-likeness (QED) is 0.839. The van der Waals surface area contributed by atoms with Crippen molar-refractivity contribution in [3.63, 3.8) is 0 Å². The molecule has 88 valence electrons. The third-order valence-electron chi connectivity index (χ3n) is 2.02. The van der Waals surface area contributed by atoms with E-state index in [-0.39, 0.29) is 5.56 Å². The smallest absolute Gasteiger partial charge is 0.335 e. The maximum absolute atomic E-state index is 10.8. The van der Waals surface area contributed by atoms with Crippen LogP contribution in [0.3, 0.4) is 0 Å². The van der Waals surface area contributed by atoms with Crippen molar-refractivity contribution in [3.8, 4) is 0 Å². The average molecular weight is 250 g/mol. The van der Waals surface area contributed by atoms with Gasteiger partial charge in [-0.05, 0) is 18.2 Å². The van der Waals surface area contributed by atoms with Gasteiger partial charge < -0.3 is 9.63 Å². The highest BCUT2D eigenvalue weighted by Crippen LogP contribution is 2.22. The Hall–Kier alpha value is -1.82. The van der Waals surface area contributed by atoms with Crippen molar-refractivity contribution >= 4 is 17.7 Å². The molecule has 0 radical (unpaired) electrons. The van der Waals surface area contributed by atoms with Crippen molar-refractivity contribution in [3.05, 3.63) is 41.5 Å². The lowest BCUT2D eigenvalue weighted by atomic mass is 10.2. The maximum Gasteiger partial charge on any atom is 0.335 e. The first-order valence-electron chi connectivity index (χ1n) is 4.90. The van der Waals surface area contributed by atoms with E-state index in [0.29, 0.717) is 17.5 Å². The zero-order chi connectivity index (χ0) is 12.3. The minimum absolute atomic E-state index is 0.277. The largest absolute Gasteiger partial charge is 0.478 e. The van der Waals surface area contributed by atoms with E-state index in [9.17, 15) is 4.79 Å². The second kappa shape index (κ2) is 5.01. The Kier molecular flexibility index (Phi) is 3.43. The van der Waals surface area contributed by atoms with Crippen molar-refractivity contribution < 1.29 is 14.4 Å². The molecule has 0 aliphatic carbocycles. The van der Waals surface area contributed by atoms with Gasteiger partial charge in [-0.3, -0.25) is 0 Å². The van der Waals surface area contributed by atoms with Gasteiger partial charge in [-0.25, -0.2) is 4.79 Å². The van der Waals surface area contributed by atoms with Gasteiger partial charge in [0.2, 0.25) is 5.89 Å². The molecule has 5 nitrogen and oxygen atoms in total. The van der Waals surface area contributed by atoms with Crippen LogP contribution in [0.15, 0.2) is 33.7 Å². The zero-order valence-corrected chi connectivity index (χ0v) is 9.90. The predicted octanol–water partition coefficient (Wildman–Crippen LogP) is 2.37. The molecule has 0 aliphatic rings. The number of nitrogens with zero attached hydrogens (tertiary/aromatic N) is 2. The van der Waals surface area contributed by atoms with Gasteiger partial charge in [-0.1, -0.05) is 11.2 Å². The minimum Gasteiger partial charge on any atom is -0.478 e. The molecular weight excluding hydrogens is 240 g/mol. The summed E-state index contributed by atoms with van der Waals surface area (Å²) in [6.45, 7) is 1.73. The van der Waals surface area contributed by atoms with Gasteiger partial charge in [-0.2, -0.15) is 4.98 Å². The summed E-state index contributed by atoms with van der Waals surface area (Å²) in [5.41, 5.74) is 0.277. The van der Waals surface area contributed by atoms with E-state index in [1.807, 2.05) is 6.07 Å². The molecule has 1 N–H and O–H groups in total. The van der Waals surface area contributed by atoms with E-state index in [4.69, 9.17) is 9.63 Å². The SMILES string of the molecule is Cc1nc(CSc2cccc(C(=O)O)c2)no1. The number of benzene rings is 1. The molecule has 0 bridgehead atoms. The predicted molar refractivity (Wildman–Crippen MR) is 62.0 cm³/mol. The highest BCUT2D eigenvalue weighted by molar-refractivity contribution is 7.98. The third-order valence-corrected chi connectivity index (χ3v) is 3.01. The fourth-order valence-corrected chi connectivity index (χ4v) is 2.06. The summed E-state index contributed by atoms with van der Waals surface area (Å²) in [6, 6.07) is 6.75. The Morgan fingerprint density at radius 2 is 2.35 bits per heavy atom. The van der Waals surface area contributed by atoms with E-state index in [0.717, 1.165) is 4.90 Å². The molecule has 0 atom stereocenters. The number of thioether (sulfide) groups is 1. The van der Waals surface area contributed by atoms with Crippen LogP contribution in [0.1, 0.15) is 22.1 Å². The number of carbonyl (C=O) groups is 1. The van der Waals surface area contributed by atoms with E-state index in [1.165, 1.54) is 11.8 Å². The Morgan fingerprint density at radius 3 is 3.00 bits per heavy atom. The van der Waals surface area contributed by atoms with Crippen molar-refractivity contribution in [2.24, 2.45) is 0 Å². The van der Waals surface area contributed by atoms with Gasteiger partial charge in [-0.15, -0.1) is 11.8 Å². The van der Waals surface area contributed by atoms with Crippen LogP contribution in [0.4, 0.5) is 0 Å². The first-order valence-corrected chi connectivity index (χ1v) is 5.89. The number of aryl methyl sites for hydroxylation is 1. The molecule has 0 spiro atoms. The number of aromatic nitrogens is 2. The van der Waals surface area contributed by atoms with Crippen molar-refractivity contribution in [1.82, 2.24) is 10.1 Å². The first-order chi connectivity index (χ1) is 8.15. The first kappa shape index (κ1) is 11.7. The number of carboxylic acids is 1. The summed E-state index contributed by atoms with van der Waals surface area (Å²) in [6.07, 6.45) is 0.